The van der Waals surface area contributed by atoms with Gasteiger partial charge in [-0.05, 0) is 32.0 Å². The molecule has 0 aliphatic rings. The molecule has 3 N–H and O–H groups in total. The number of benzene rings is 1. The van der Waals surface area contributed by atoms with Crippen LogP contribution >= 0.6 is 0 Å². The smallest absolute Gasteiger partial charge is 0.301 e. The first-order valence-electron chi connectivity index (χ1n) is 6.74. The molecule has 0 aliphatic carbocycles. The summed E-state index contributed by atoms with van der Waals surface area (Å²) < 4.78 is 28.5. The summed E-state index contributed by atoms with van der Waals surface area (Å²) in [5.74, 6) is 0. The molecule has 0 unspecified atom stereocenters. The van der Waals surface area contributed by atoms with Crippen LogP contribution in [0.15, 0.2) is 30.3 Å². The predicted octanol–water partition coefficient (Wildman–Crippen LogP) is 1.48. The summed E-state index contributed by atoms with van der Waals surface area (Å²) in [6.07, 6.45) is 0.619. The van der Waals surface area contributed by atoms with Gasteiger partial charge in [-0.3, -0.25) is 9.71 Å². The second kappa shape index (κ2) is 6.38. The van der Waals surface area contributed by atoms with Crippen molar-refractivity contribution in [3.63, 3.8) is 0 Å². The third kappa shape index (κ3) is 3.69. The lowest BCUT2D eigenvalue weighted by molar-refractivity contribution is 0.468. The number of para-hydroxylation sites is 1. The Morgan fingerprint density at radius 2 is 2.05 bits per heavy atom. The molecule has 0 saturated heterocycles. The fourth-order valence-corrected chi connectivity index (χ4v) is 3.02. The number of nitrogens with one attached hydrogen (secondary N) is 1. The first kappa shape index (κ1) is 15.7. The van der Waals surface area contributed by atoms with E-state index in [1.165, 1.54) is 11.4 Å². The highest BCUT2D eigenvalue weighted by atomic mass is 32.2. The van der Waals surface area contributed by atoms with Crippen molar-refractivity contribution >= 4 is 26.8 Å². The van der Waals surface area contributed by atoms with E-state index < -0.39 is 10.2 Å². The van der Waals surface area contributed by atoms with Gasteiger partial charge in [0.2, 0.25) is 0 Å². The normalized spacial score (nSPS) is 12.0. The number of anilines is 1. The Bertz CT molecular complexity index is 731. The highest BCUT2D eigenvalue weighted by Gasteiger charge is 2.18. The molecule has 6 nitrogen and oxygen atoms in total. The van der Waals surface area contributed by atoms with Crippen molar-refractivity contribution < 1.29 is 8.42 Å². The Kier molecular flexibility index (Phi) is 4.76. The zero-order chi connectivity index (χ0) is 15.5. The summed E-state index contributed by atoms with van der Waals surface area (Å²) in [6.45, 7) is 2.67. The third-order valence-corrected chi connectivity index (χ3v) is 4.65. The van der Waals surface area contributed by atoms with Gasteiger partial charge in [-0.15, -0.1) is 0 Å². The zero-order valence-corrected chi connectivity index (χ0v) is 13.0. The van der Waals surface area contributed by atoms with Crippen LogP contribution < -0.4 is 10.5 Å². The second-order valence-electron chi connectivity index (χ2n) is 4.90. The third-order valence-electron chi connectivity index (χ3n) is 3.17. The lowest BCUT2D eigenvalue weighted by atomic mass is 10.2. The molecule has 0 fully saturated rings. The number of nitrogens with two attached hydrogens (primary N) is 1. The van der Waals surface area contributed by atoms with Crippen LogP contribution in [0.4, 0.5) is 5.69 Å². The topological polar surface area (TPSA) is 88.3 Å². The molecule has 2 aromatic rings. The van der Waals surface area contributed by atoms with Crippen molar-refractivity contribution in [1.29, 1.82) is 0 Å². The molecule has 114 valence electrons. The quantitative estimate of drug-likeness (QED) is 0.846. The Balaban J connectivity index is 2.35. The van der Waals surface area contributed by atoms with Crippen LogP contribution in [0.3, 0.4) is 0 Å². The minimum Gasteiger partial charge on any atom is -0.330 e. The first-order chi connectivity index (χ1) is 9.94. The number of hydrogen-bond acceptors (Lipinski definition) is 4. The summed E-state index contributed by atoms with van der Waals surface area (Å²) >= 11 is 0. The second-order valence-corrected chi connectivity index (χ2v) is 6.68. The molecule has 7 heteroatoms. The number of hydrogen-bond donors (Lipinski definition) is 2. The maximum atomic E-state index is 12.3. The Labute approximate surface area is 125 Å². The fourth-order valence-electron chi connectivity index (χ4n) is 2.04. The van der Waals surface area contributed by atoms with E-state index in [2.05, 4.69) is 9.71 Å². The highest BCUT2D eigenvalue weighted by Crippen LogP contribution is 2.24. The van der Waals surface area contributed by atoms with Crippen LogP contribution in [0.25, 0.3) is 10.9 Å². The molecule has 1 aromatic carbocycles. The van der Waals surface area contributed by atoms with Crippen LogP contribution in [0.5, 0.6) is 0 Å². The van der Waals surface area contributed by atoms with Crippen molar-refractivity contribution in [2.24, 2.45) is 5.73 Å². The fraction of sp³-hybridized carbons (Fsp3) is 0.357. The van der Waals surface area contributed by atoms with E-state index in [4.69, 9.17) is 5.73 Å². The molecule has 21 heavy (non-hydrogen) atoms. The summed E-state index contributed by atoms with van der Waals surface area (Å²) in [4.78, 5) is 4.40. The Morgan fingerprint density at radius 3 is 2.76 bits per heavy atom. The molecule has 0 atom stereocenters. The van der Waals surface area contributed by atoms with Crippen molar-refractivity contribution in [1.82, 2.24) is 9.29 Å². The molecule has 0 radical (unpaired) electrons. The highest BCUT2D eigenvalue weighted by molar-refractivity contribution is 7.90. The average molecular weight is 308 g/mol. The Morgan fingerprint density at radius 1 is 1.33 bits per heavy atom. The van der Waals surface area contributed by atoms with Crippen LogP contribution in [-0.4, -0.2) is 37.8 Å². The van der Waals surface area contributed by atoms with Gasteiger partial charge in [0, 0.05) is 24.7 Å². The molecule has 0 amide bonds. The van der Waals surface area contributed by atoms with Crippen LogP contribution in [0, 0.1) is 6.92 Å². The standard InChI is InChI=1S/C14H20N4O2S/c1-11-10-14(12-6-3-4-7-13(12)16-11)17-21(19,20)18(2)9-5-8-15/h3-4,6-7,10H,5,8-9,15H2,1-2H3,(H,16,17). The lowest BCUT2D eigenvalue weighted by Crippen LogP contribution is -2.34. The van der Waals surface area contributed by atoms with Crippen molar-refractivity contribution in [3.8, 4) is 0 Å². The Hall–Kier alpha value is -1.70. The molecule has 0 bridgehead atoms. The van der Waals surface area contributed by atoms with Gasteiger partial charge in [0.1, 0.15) is 0 Å². The van der Waals surface area contributed by atoms with E-state index in [9.17, 15) is 8.42 Å². The lowest BCUT2D eigenvalue weighted by Gasteiger charge is -2.19. The number of nitrogens with zero attached hydrogens (tertiary/aromatic N) is 2. The van der Waals surface area contributed by atoms with E-state index in [-0.39, 0.29) is 0 Å². The van der Waals surface area contributed by atoms with Gasteiger partial charge in [-0.1, -0.05) is 18.2 Å². The van der Waals surface area contributed by atoms with Crippen molar-refractivity contribution in [2.45, 2.75) is 13.3 Å². The van der Waals surface area contributed by atoms with E-state index in [1.807, 2.05) is 31.2 Å². The molecule has 0 aliphatic heterocycles. The summed E-state index contributed by atoms with van der Waals surface area (Å²) in [6, 6.07) is 9.17. The monoisotopic (exact) mass is 308 g/mol. The number of aryl methyl sites for hydroxylation is 1. The van der Waals surface area contributed by atoms with Crippen LogP contribution in [0.2, 0.25) is 0 Å². The van der Waals surface area contributed by atoms with E-state index in [1.54, 1.807) is 6.07 Å². The van der Waals surface area contributed by atoms with Crippen LogP contribution in [0.1, 0.15) is 12.1 Å². The zero-order valence-electron chi connectivity index (χ0n) is 12.2. The van der Waals surface area contributed by atoms with E-state index in [0.29, 0.717) is 25.2 Å². The minimum atomic E-state index is -3.59. The van der Waals surface area contributed by atoms with Gasteiger partial charge in [-0.2, -0.15) is 12.7 Å². The van der Waals surface area contributed by atoms with Gasteiger partial charge in [0.05, 0.1) is 11.2 Å². The van der Waals surface area contributed by atoms with E-state index >= 15 is 0 Å². The maximum Gasteiger partial charge on any atom is 0.301 e. The maximum absolute atomic E-state index is 12.3. The molecule has 0 saturated carbocycles. The molecule has 1 heterocycles. The van der Waals surface area contributed by atoms with Gasteiger partial charge in [-0.25, -0.2) is 0 Å². The SMILES string of the molecule is Cc1cc(NS(=O)(=O)N(C)CCCN)c2ccccc2n1. The molecule has 1 aromatic heterocycles. The van der Waals surface area contributed by atoms with Crippen molar-refractivity contribution in [3.05, 3.63) is 36.0 Å². The molecule has 0 spiro atoms. The van der Waals surface area contributed by atoms with Crippen LogP contribution in [-0.2, 0) is 10.2 Å². The minimum absolute atomic E-state index is 0.383. The van der Waals surface area contributed by atoms with Crippen molar-refractivity contribution in [2.75, 3.05) is 24.9 Å². The van der Waals surface area contributed by atoms with Gasteiger partial charge in [0.15, 0.2) is 0 Å². The molecule has 2 rings (SSSR count). The van der Waals surface area contributed by atoms with E-state index in [0.717, 1.165) is 16.6 Å². The largest absolute Gasteiger partial charge is 0.330 e. The van der Waals surface area contributed by atoms with Gasteiger partial charge < -0.3 is 5.73 Å². The first-order valence-corrected chi connectivity index (χ1v) is 8.18. The number of pyridine rings is 1. The average Bonchev–Trinajstić information content (AvgIpc) is 2.44. The number of fused-ring (bicyclic) bond motifs is 1. The summed E-state index contributed by atoms with van der Waals surface area (Å²) in [5.41, 5.74) is 7.48. The van der Waals surface area contributed by atoms with Gasteiger partial charge >= 0.3 is 10.2 Å². The molecular weight excluding hydrogens is 288 g/mol. The number of rotatable bonds is 6. The molecular formula is C14H20N4O2S. The van der Waals surface area contributed by atoms with Gasteiger partial charge in [0.25, 0.3) is 0 Å². The predicted molar refractivity (Wildman–Crippen MR) is 85.3 cm³/mol. The summed E-state index contributed by atoms with van der Waals surface area (Å²) in [7, 11) is -2.06. The summed E-state index contributed by atoms with van der Waals surface area (Å²) in [5, 5.41) is 0.777. The number of aromatic nitrogens is 1.